The van der Waals surface area contributed by atoms with E-state index in [4.69, 9.17) is 9.47 Å². The number of ether oxygens (including phenoxy) is 2. The van der Waals surface area contributed by atoms with Crippen molar-refractivity contribution < 1.29 is 27.8 Å². The van der Waals surface area contributed by atoms with E-state index in [1.165, 1.54) is 11.8 Å². The number of benzene rings is 3. The molecular weight excluding hydrogens is 597 g/mol. The smallest absolute Gasteiger partial charge is 0.306 e. The summed E-state index contributed by atoms with van der Waals surface area (Å²) in [7, 11) is -2.46. The quantitative estimate of drug-likeness (QED) is 0.169. The van der Waals surface area contributed by atoms with E-state index in [2.05, 4.69) is 18.7 Å². The van der Waals surface area contributed by atoms with Crippen LogP contribution in [0.3, 0.4) is 0 Å². The summed E-state index contributed by atoms with van der Waals surface area (Å²) in [6.45, 7) is 4.92. The zero-order valence-electron chi connectivity index (χ0n) is 26.1. The lowest BCUT2D eigenvalue weighted by Crippen LogP contribution is -2.55. The molecule has 44 heavy (non-hydrogen) atoms. The fourth-order valence-corrected chi connectivity index (χ4v) is 8.38. The van der Waals surface area contributed by atoms with Crippen LogP contribution < -0.4 is 14.4 Å². The van der Waals surface area contributed by atoms with Gasteiger partial charge in [0.1, 0.15) is 16.4 Å². The molecule has 0 spiro atoms. The van der Waals surface area contributed by atoms with E-state index in [1.54, 1.807) is 17.5 Å². The van der Waals surface area contributed by atoms with Gasteiger partial charge in [-0.15, -0.1) is 11.8 Å². The maximum Gasteiger partial charge on any atom is 0.306 e. The van der Waals surface area contributed by atoms with Crippen molar-refractivity contribution in [3.8, 4) is 11.5 Å². The van der Waals surface area contributed by atoms with Gasteiger partial charge in [-0.3, -0.25) is 4.79 Å². The summed E-state index contributed by atoms with van der Waals surface area (Å²) in [4.78, 5) is 14.3. The van der Waals surface area contributed by atoms with Crippen LogP contribution in [0, 0.1) is 0 Å². The molecule has 0 aromatic heterocycles. The predicted octanol–water partition coefficient (Wildman–Crippen LogP) is 7.73. The molecule has 1 N–H and O–H groups in total. The number of para-hydroxylation sites is 1. The molecule has 8 nitrogen and oxygen atoms in total. The van der Waals surface area contributed by atoms with Gasteiger partial charge in [-0.1, -0.05) is 69.9 Å². The first-order valence-electron chi connectivity index (χ1n) is 15.2. The van der Waals surface area contributed by atoms with E-state index in [9.17, 15) is 9.90 Å². The molecule has 0 unspecified atom stereocenters. The van der Waals surface area contributed by atoms with E-state index < -0.39 is 21.5 Å². The lowest BCUT2D eigenvalue weighted by molar-refractivity contribution is -0.137. The SMILES string of the molecule is CCCCC1(CCCC)CN(c2ccccc2)c2cc(SC)c(OCCC(=O)O)cc2S(=O)(=O)N1Cc1ccc(OC)cc1. The lowest BCUT2D eigenvalue weighted by Gasteiger charge is -2.44. The summed E-state index contributed by atoms with van der Waals surface area (Å²) in [5, 5.41) is 9.20. The highest BCUT2D eigenvalue weighted by molar-refractivity contribution is 7.98. The molecule has 0 atom stereocenters. The van der Waals surface area contributed by atoms with Crippen LogP contribution >= 0.6 is 11.8 Å². The molecule has 1 aliphatic rings. The number of methoxy groups -OCH3 is 1. The Kier molecular flexibility index (Phi) is 11.6. The number of fused-ring (bicyclic) bond motifs is 1. The fraction of sp³-hybridized carbons (Fsp3) is 0.441. The van der Waals surface area contributed by atoms with E-state index in [1.807, 2.05) is 66.9 Å². The van der Waals surface area contributed by atoms with E-state index in [0.29, 0.717) is 36.6 Å². The average Bonchev–Trinajstić information content (AvgIpc) is 3.10. The highest BCUT2D eigenvalue weighted by Gasteiger charge is 2.49. The van der Waals surface area contributed by atoms with Crippen molar-refractivity contribution in [3.05, 3.63) is 72.3 Å². The van der Waals surface area contributed by atoms with Crippen molar-refractivity contribution in [3.63, 3.8) is 0 Å². The van der Waals surface area contributed by atoms with Crippen LogP contribution in [0.25, 0.3) is 0 Å². The number of unbranched alkanes of at least 4 members (excludes halogenated alkanes) is 2. The lowest BCUT2D eigenvalue weighted by atomic mass is 9.85. The minimum Gasteiger partial charge on any atom is -0.497 e. The molecule has 238 valence electrons. The molecule has 0 amide bonds. The Morgan fingerprint density at radius 1 is 1.00 bits per heavy atom. The van der Waals surface area contributed by atoms with Gasteiger partial charge in [0.2, 0.25) is 10.0 Å². The third kappa shape index (κ3) is 7.53. The van der Waals surface area contributed by atoms with Gasteiger partial charge in [0.25, 0.3) is 0 Å². The number of rotatable bonds is 15. The summed E-state index contributed by atoms with van der Waals surface area (Å²) in [6, 6.07) is 21.0. The zero-order valence-corrected chi connectivity index (χ0v) is 27.8. The molecule has 4 rings (SSSR count). The van der Waals surface area contributed by atoms with Crippen LogP contribution in [0.15, 0.2) is 76.5 Å². The Morgan fingerprint density at radius 3 is 2.23 bits per heavy atom. The van der Waals surface area contributed by atoms with Gasteiger partial charge < -0.3 is 19.5 Å². The summed E-state index contributed by atoms with van der Waals surface area (Å²) in [5.74, 6) is 0.104. The van der Waals surface area contributed by atoms with Crippen LogP contribution in [0.2, 0.25) is 0 Å². The van der Waals surface area contributed by atoms with Gasteiger partial charge in [0.05, 0.1) is 36.3 Å². The van der Waals surface area contributed by atoms with Crippen molar-refractivity contribution >= 4 is 39.1 Å². The third-order valence-corrected chi connectivity index (χ3v) is 10.9. The third-order valence-electron chi connectivity index (χ3n) is 8.20. The Morgan fingerprint density at radius 2 is 1.66 bits per heavy atom. The van der Waals surface area contributed by atoms with Gasteiger partial charge in [-0.05, 0) is 55.0 Å². The van der Waals surface area contributed by atoms with Gasteiger partial charge in [-0.2, -0.15) is 4.31 Å². The van der Waals surface area contributed by atoms with Crippen LogP contribution in [-0.2, 0) is 21.4 Å². The summed E-state index contributed by atoms with van der Waals surface area (Å²) in [5.41, 5.74) is 1.70. The second-order valence-corrected chi connectivity index (χ2v) is 13.9. The second kappa shape index (κ2) is 15.2. The van der Waals surface area contributed by atoms with Crippen LogP contribution in [0.4, 0.5) is 11.4 Å². The molecule has 1 heterocycles. The van der Waals surface area contributed by atoms with Crippen molar-refractivity contribution in [1.82, 2.24) is 4.31 Å². The number of carboxylic acids is 1. The number of hydrogen-bond donors (Lipinski definition) is 1. The number of hydrogen-bond acceptors (Lipinski definition) is 7. The first kappa shape index (κ1) is 33.7. The molecular formula is C34H44N2O6S2. The summed E-state index contributed by atoms with van der Waals surface area (Å²) in [6.07, 6.45) is 6.82. The van der Waals surface area contributed by atoms with E-state index in [-0.39, 0.29) is 24.5 Å². The van der Waals surface area contributed by atoms with Crippen LogP contribution in [0.1, 0.15) is 64.4 Å². The first-order chi connectivity index (χ1) is 21.2. The molecule has 0 aliphatic carbocycles. The highest BCUT2D eigenvalue weighted by atomic mass is 32.2. The van der Waals surface area contributed by atoms with Gasteiger partial charge in [-0.25, -0.2) is 8.42 Å². The Balaban J connectivity index is 1.99. The van der Waals surface area contributed by atoms with Crippen molar-refractivity contribution in [2.45, 2.75) is 80.7 Å². The number of thioether (sulfide) groups is 1. The molecule has 0 fully saturated rings. The molecule has 0 radical (unpaired) electrons. The fourth-order valence-electron chi connectivity index (χ4n) is 5.83. The molecule has 3 aromatic carbocycles. The Labute approximate surface area is 266 Å². The predicted molar refractivity (Wildman–Crippen MR) is 177 cm³/mol. The summed E-state index contributed by atoms with van der Waals surface area (Å²) < 4.78 is 43.3. The normalized spacial score (nSPS) is 15.8. The number of sulfonamides is 1. The van der Waals surface area contributed by atoms with Gasteiger partial charge >= 0.3 is 5.97 Å². The Bertz CT molecular complexity index is 1490. The highest BCUT2D eigenvalue weighted by Crippen LogP contribution is 2.48. The molecule has 0 saturated heterocycles. The molecule has 10 heteroatoms. The van der Waals surface area contributed by atoms with Gasteiger partial charge in [0.15, 0.2) is 0 Å². The van der Waals surface area contributed by atoms with Crippen LogP contribution in [0.5, 0.6) is 11.5 Å². The van der Waals surface area contributed by atoms with E-state index >= 15 is 8.42 Å². The van der Waals surface area contributed by atoms with Crippen molar-refractivity contribution in [2.24, 2.45) is 0 Å². The molecule has 0 bridgehead atoms. The van der Waals surface area contributed by atoms with Crippen LogP contribution in [-0.4, -0.2) is 55.9 Å². The summed E-state index contributed by atoms with van der Waals surface area (Å²) >= 11 is 1.45. The monoisotopic (exact) mass is 640 g/mol. The largest absolute Gasteiger partial charge is 0.497 e. The first-order valence-corrected chi connectivity index (χ1v) is 17.9. The molecule has 3 aromatic rings. The maximum absolute atomic E-state index is 15.1. The zero-order chi connectivity index (χ0) is 31.7. The molecule has 0 saturated carbocycles. The number of carboxylic acid groups (broad SMARTS) is 1. The minimum absolute atomic E-state index is 0.0589. The number of nitrogens with zero attached hydrogens (tertiary/aromatic N) is 2. The number of aliphatic carboxylic acids is 1. The van der Waals surface area contributed by atoms with E-state index in [0.717, 1.165) is 41.8 Å². The Hall–Kier alpha value is -3.21. The topological polar surface area (TPSA) is 96.4 Å². The number of carbonyl (C=O) groups is 1. The standard InChI is InChI=1S/C34H44N2O6S2/c1-5-7-19-34(20-8-6-2)25-35(27-12-10-9-11-13-27)29-22-31(43-4)30(42-21-18-33(37)38)23-32(29)44(39,40)36(34)24-26-14-16-28(41-3)17-15-26/h9-17,22-23H,5-8,18-21,24-25H2,1-4H3,(H,37,38). The number of anilines is 2. The molecule has 1 aliphatic heterocycles. The van der Waals surface area contributed by atoms with Crippen molar-refractivity contribution in [1.29, 1.82) is 0 Å². The second-order valence-electron chi connectivity index (χ2n) is 11.2. The minimum atomic E-state index is -4.08. The average molecular weight is 641 g/mol. The van der Waals surface area contributed by atoms with Gasteiger partial charge in [0, 0.05) is 24.8 Å². The maximum atomic E-state index is 15.1. The van der Waals surface area contributed by atoms with Crippen molar-refractivity contribution in [2.75, 3.05) is 31.4 Å².